The molecule has 2 rings (SSSR count). The molecular formula is C18H18O2. The van der Waals surface area contributed by atoms with Gasteiger partial charge in [0.15, 0.2) is 0 Å². The summed E-state index contributed by atoms with van der Waals surface area (Å²) < 4.78 is 10.6. The smallest absolute Gasteiger partial charge is 0.126 e. The lowest BCUT2D eigenvalue weighted by molar-refractivity contribution is 0.413. The van der Waals surface area contributed by atoms with Gasteiger partial charge in [0.25, 0.3) is 0 Å². The number of methoxy groups -OCH3 is 2. The van der Waals surface area contributed by atoms with Crippen LogP contribution < -0.4 is 9.47 Å². The molecule has 0 fully saturated rings. The first-order valence-corrected chi connectivity index (χ1v) is 6.46. The van der Waals surface area contributed by atoms with E-state index in [1.165, 1.54) is 0 Å². The number of hydrogen-bond acceptors (Lipinski definition) is 2. The molecule has 2 aromatic rings. The molecule has 0 bridgehead atoms. The number of allylic oxidation sites excluding steroid dienone is 2. The van der Waals surface area contributed by atoms with Crippen molar-refractivity contribution in [1.29, 1.82) is 0 Å². The van der Waals surface area contributed by atoms with Crippen molar-refractivity contribution in [3.63, 3.8) is 0 Å². The highest BCUT2D eigenvalue weighted by atomic mass is 16.5. The van der Waals surface area contributed by atoms with Gasteiger partial charge in [-0.3, -0.25) is 0 Å². The summed E-state index contributed by atoms with van der Waals surface area (Å²) in [5.74, 6) is 1.74. The van der Waals surface area contributed by atoms with Crippen LogP contribution >= 0.6 is 0 Å². The summed E-state index contributed by atoms with van der Waals surface area (Å²) in [6, 6.07) is 15.8. The minimum atomic E-state index is 0.870. The molecule has 0 aliphatic heterocycles. The van der Waals surface area contributed by atoms with Gasteiger partial charge >= 0.3 is 0 Å². The molecule has 2 nitrogen and oxygen atoms in total. The molecule has 0 saturated heterocycles. The number of hydrogen-bond donors (Lipinski definition) is 0. The van der Waals surface area contributed by atoms with Gasteiger partial charge in [0, 0.05) is 11.1 Å². The van der Waals surface area contributed by atoms with Crippen LogP contribution in [-0.2, 0) is 0 Å². The average molecular weight is 266 g/mol. The summed E-state index contributed by atoms with van der Waals surface area (Å²) in [5, 5.41) is 0. The molecule has 0 amide bonds. The molecule has 102 valence electrons. The lowest BCUT2D eigenvalue weighted by Crippen LogP contribution is -1.85. The normalized spacial score (nSPS) is 11.1. The molecule has 2 heteroatoms. The zero-order chi connectivity index (χ0) is 14.2. The van der Waals surface area contributed by atoms with E-state index in [0.717, 1.165) is 22.6 Å². The Morgan fingerprint density at radius 1 is 0.650 bits per heavy atom. The fourth-order valence-electron chi connectivity index (χ4n) is 1.93. The van der Waals surface area contributed by atoms with Gasteiger partial charge in [0.2, 0.25) is 0 Å². The van der Waals surface area contributed by atoms with Gasteiger partial charge in [0.05, 0.1) is 14.2 Å². The quantitative estimate of drug-likeness (QED) is 0.745. The Bertz CT molecular complexity index is 557. The van der Waals surface area contributed by atoms with Gasteiger partial charge < -0.3 is 9.47 Å². The van der Waals surface area contributed by atoms with Crippen LogP contribution in [0.5, 0.6) is 11.5 Å². The number of benzene rings is 2. The molecule has 0 spiro atoms. The lowest BCUT2D eigenvalue weighted by atomic mass is 10.1. The van der Waals surface area contributed by atoms with E-state index in [-0.39, 0.29) is 0 Å². The van der Waals surface area contributed by atoms with Crippen LogP contribution in [0, 0.1) is 0 Å². The zero-order valence-electron chi connectivity index (χ0n) is 11.7. The van der Waals surface area contributed by atoms with Crippen molar-refractivity contribution in [3.05, 3.63) is 71.8 Å². The molecule has 0 aliphatic carbocycles. The van der Waals surface area contributed by atoms with E-state index in [0.29, 0.717) is 0 Å². The van der Waals surface area contributed by atoms with Gasteiger partial charge in [-0.05, 0) is 12.1 Å². The fourth-order valence-corrected chi connectivity index (χ4v) is 1.93. The molecule has 0 radical (unpaired) electrons. The summed E-state index contributed by atoms with van der Waals surface area (Å²) in [7, 11) is 3.36. The third-order valence-electron chi connectivity index (χ3n) is 2.94. The molecule has 2 aromatic carbocycles. The molecule has 0 unspecified atom stereocenters. The Morgan fingerprint density at radius 3 is 1.45 bits per heavy atom. The largest absolute Gasteiger partial charge is 0.496 e. The monoisotopic (exact) mass is 266 g/mol. The molecule has 20 heavy (non-hydrogen) atoms. The summed E-state index contributed by atoms with van der Waals surface area (Å²) >= 11 is 0. The molecule has 0 aliphatic rings. The van der Waals surface area contributed by atoms with Crippen molar-refractivity contribution < 1.29 is 9.47 Å². The molecule has 0 N–H and O–H groups in total. The highest BCUT2D eigenvalue weighted by Gasteiger charge is 1.96. The Labute approximate surface area is 120 Å². The maximum absolute atomic E-state index is 5.30. The van der Waals surface area contributed by atoms with E-state index in [4.69, 9.17) is 9.47 Å². The minimum Gasteiger partial charge on any atom is -0.496 e. The van der Waals surface area contributed by atoms with Crippen molar-refractivity contribution in [2.75, 3.05) is 14.2 Å². The molecule has 0 atom stereocenters. The van der Waals surface area contributed by atoms with E-state index in [9.17, 15) is 0 Å². The van der Waals surface area contributed by atoms with Gasteiger partial charge in [0.1, 0.15) is 11.5 Å². The summed E-state index contributed by atoms with van der Waals surface area (Å²) in [6.07, 6.45) is 8.02. The van der Waals surface area contributed by atoms with Crippen molar-refractivity contribution >= 4 is 12.2 Å². The molecule has 0 heterocycles. The van der Waals surface area contributed by atoms with Crippen molar-refractivity contribution in [3.8, 4) is 11.5 Å². The fraction of sp³-hybridized carbons (Fsp3) is 0.111. The third kappa shape index (κ3) is 3.51. The van der Waals surface area contributed by atoms with Crippen LogP contribution in [0.15, 0.2) is 60.7 Å². The average Bonchev–Trinajstić information content (AvgIpc) is 2.52. The first-order chi connectivity index (χ1) is 9.85. The van der Waals surface area contributed by atoms with Gasteiger partial charge in [-0.1, -0.05) is 60.7 Å². The standard InChI is InChI=1S/C18H18O2/c1-19-17-13-7-5-11-15(17)9-3-4-10-16-12-6-8-14-18(16)20-2/h3-14H,1-2H3. The second-order valence-electron chi connectivity index (χ2n) is 4.20. The Kier molecular flexibility index (Phi) is 5.01. The van der Waals surface area contributed by atoms with Crippen LogP contribution in [0.25, 0.3) is 12.2 Å². The minimum absolute atomic E-state index is 0.870. The second-order valence-corrected chi connectivity index (χ2v) is 4.20. The second kappa shape index (κ2) is 7.19. The third-order valence-corrected chi connectivity index (χ3v) is 2.94. The lowest BCUT2D eigenvalue weighted by Gasteiger charge is -2.03. The first-order valence-electron chi connectivity index (χ1n) is 6.46. The summed E-state index contributed by atoms with van der Waals surface area (Å²) in [6.45, 7) is 0. The number of ether oxygens (including phenoxy) is 2. The van der Waals surface area contributed by atoms with E-state index < -0.39 is 0 Å². The Hall–Kier alpha value is -2.48. The van der Waals surface area contributed by atoms with Crippen LogP contribution in [0.3, 0.4) is 0 Å². The van der Waals surface area contributed by atoms with Crippen LogP contribution in [0.1, 0.15) is 11.1 Å². The first kappa shape index (κ1) is 13.9. The van der Waals surface area contributed by atoms with Crippen LogP contribution in [-0.4, -0.2) is 14.2 Å². The van der Waals surface area contributed by atoms with Crippen molar-refractivity contribution in [2.45, 2.75) is 0 Å². The Balaban J connectivity index is 2.11. The van der Waals surface area contributed by atoms with Gasteiger partial charge in [-0.25, -0.2) is 0 Å². The molecule has 0 aromatic heterocycles. The maximum atomic E-state index is 5.30. The van der Waals surface area contributed by atoms with Crippen molar-refractivity contribution in [2.24, 2.45) is 0 Å². The highest BCUT2D eigenvalue weighted by Crippen LogP contribution is 2.20. The number of para-hydroxylation sites is 2. The Morgan fingerprint density at radius 2 is 1.05 bits per heavy atom. The van der Waals surface area contributed by atoms with E-state index in [1.807, 2.05) is 72.8 Å². The van der Waals surface area contributed by atoms with E-state index >= 15 is 0 Å². The summed E-state index contributed by atoms with van der Waals surface area (Å²) in [5.41, 5.74) is 2.11. The summed E-state index contributed by atoms with van der Waals surface area (Å²) in [4.78, 5) is 0. The van der Waals surface area contributed by atoms with Gasteiger partial charge in [-0.15, -0.1) is 0 Å². The topological polar surface area (TPSA) is 18.5 Å². The van der Waals surface area contributed by atoms with E-state index in [1.54, 1.807) is 14.2 Å². The SMILES string of the molecule is COc1ccccc1C=CC=Cc1ccccc1OC. The van der Waals surface area contributed by atoms with Crippen molar-refractivity contribution in [1.82, 2.24) is 0 Å². The highest BCUT2D eigenvalue weighted by molar-refractivity contribution is 5.63. The maximum Gasteiger partial charge on any atom is 0.126 e. The molecule has 0 saturated carbocycles. The van der Waals surface area contributed by atoms with Crippen LogP contribution in [0.2, 0.25) is 0 Å². The molecular weight excluding hydrogens is 248 g/mol. The number of rotatable bonds is 5. The van der Waals surface area contributed by atoms with E-state index in [2.05, 4.69) is 0 Å². The van der Waals surface area contributed by atoms with Gasteiger partial charge in [-0.2, -0.15) is 0 Å². The predicted molar refractivity (Wildman–Crippen MR) is 84.1 cm³/mol. The predicted octanol–water partition coefficient (Wildman–Crippen LogP) is 4.43. The zero-order valence-corrected chi connectivity index (χ0v) is 11.7. The van der Waals surface area contributed by atoms with Crippen LogP contribution in [0.4, 0.5) is 0 Å².